The summed E-state index contributed by atoms with van der Waals surface area (Å²) in [5.74, 6) is -0.109. The third-order valence-corrected chi connectivity index (χ3v) is 4.39. The van der Waals surface area contributed by atoms with E-state index in [1.165, 1.54) is 11.8 Å². The number of carbonyl (C=O) groups is 1. The van der Waals surface area contributed by atoms with Crippen molar-refractivity contribution in [2.75, 3.05) is 20.1 Å². The van der Waals surface area contributed by atoms with Crippen molar-refractivity contribution in [3.05, 3.63) is 76.6 Å². The van der Waals surface area contributed by atoms with Gasteiger partial charge in [0.15, 0.2) is 0 Å². The number of hydrogen-bond donors (Lipinski definition) is 1. The molecule has 0 fully saturated rings. The summed E-state index contributed by atoms with van der Waals surface area (Å²) < 4.78 is 1.56. The number of nitrogens with one attached hydrogen (secondary N) is 1. The molecule has 0 saturated carbocycles. The molecule has 6 heteroatoms. The molecule has 0 aliphatic carbocycles. The van der Waals surface area contributed by atoms with Gasteiger partial charge in [0, 0.05) is 18.5 Å². The van der Waals surface area contributed by atoms with E-state index >= 15 is 0 Å². The third kappa shape index (κ3) is 5.24. The van der Waals surface area contributed by atoms with Crippen LogP contribution in [0.1, 0.15) is 12.0 Å². The smallest absolute Gasteiger partial charge is 0.241 e. The van der Waals surface area contributed by atoms with Crippen LogP contribution >= 0.6 is 0 Å². The van der Waals surface area contributed by atoms with Gasteiger partial charge in [0.1, 0.15) is 6.54 Å². The van der Waals surface area contributed by atoms with E-state index in [1.54, 1.807) is 22.9 Å². The fourth-order valence-corrected chi connectivity index (χ4v) is 3.03. The van der Waals surface area contributed by atoms with Crippen molar-refractivity contribution in [2.24, 2.45) is 0 Å². The maximum absolute atomic E-state index is 12.2. The normalized spacial score (nSPS) is 11.0. The molecule has 0 aliphatic rings. The predicted molar refractivity (Wildman–Crippen MR) is 106 cm³/mol. The summed E-state index contributed by atoms with van der Waals surface area (Å²) in [4.78, 5) is 26.3. The van der Waals surface area contributed by atoms with Gasteiger partial charge in [-0.3, -0.25) is 14.3 Å². The van der Waals surface area contributed by atoms with Crippen LogP contribution in [0.2, 0.25) is 0 Å². The van der Waals surface area contributed by atoms with Gasteiger partial charge in [-0.1, -0.05) is 42.5 Å². The molecule has 1 N–H and O–H groups in total. The molecule has 0 radical (unpaired) electrons. The molecular weight excluding hydrogens is 340 g/mol. The third-order valence-electron chi connectivity index (χ3n) is 4.39. The van der Waals surface area contributed by atoms with Gasteiger partial charge < -0.3 is 10.2 Å². The van der Waals surface area contributed by atoms with E-state index in [1.807, 2.05) is 24.3 Å². The van der Waals surface area contributed by atoms with Crippen molar-refractivity contribution in [1.82, 2.24) is 20.0 Å². The predicted octanol–water partition coefficient (Wildman–Crippen LogP) is 2.03. The summed E-state index contributed by atoms with van der Waals surface area (Å²) in [6, 6.07) is 17.5. The molecule has 0 unspecified atom stereocenters. The second-order valence-corrected chi connectivity index (χ2v) is 6.61. The number of nitrogens with zero attached hydrogens (tertiary/aromatic N) is 3. The van der Waals surface area contributed by atoms with Crippen molar-refractivity contribution >= 4 is 16.8 Å². The van der Waals surface area contributed by atoms with Crippen LogP contribution in [0.25, 0.3) is 10.9 Å². The molecule has 140 valence electrons. The molecule has 0 atom stereocenters. The zero-order valence-electron chi connectivity index (χ0n) is 15.5. The Labute approximate surface area is 158 Å². The maximum Gasteiger partial charge on any atom is 0.241 e. The molecule has 0 spiro atoms. The van der Waals surface area contributed by atoms with Crippen LogP contribution in [0, 0.1) is 0 Å². The van der Waals surface area contributed by atoms with Crippen LogP contribution in [0.3, 0.4) is 0 Å². The number of amides is 1. The molecule has 0 saturated heterocycles. The molecule has 3 rings (SSSR count). The van der Waals surface area contributed by atoms with Gasteiger partial charge in [-0.05, 0) is 37.7 Å². The highest BCUT2D eigenvalue weighted by atomic mass is 16.2. The van der Waals surface area contributed by atoms with E-state index < -0.39 is 0 Å². The largest absolute Gasteiger partial charge is 0.354 e. The highest BCUT2D eigenvalue weighted by Gasteiger charge is 2.08. The fourth-order valence-electron chi connectivity index (χ4n) is 3.03. The summed E-state index contributed by atoms with van der Waals surface area (Å²) in [5.41, 5.74) is 1.81. The van der Waals surface area contributed by atoms with E-state index in [0.717, 1.165) is 19.5 Å². The molecule has 3 aromatic rings. The zero-order valence-corrected chi connectivity index (χ0v) is 15.5. The Hall–Kier alpha value is -2.99. The molecule has 27 heavy (non-hydrogen) atoms. The number of rotatable bonds is 8. The van der Waals surface area contributed by atoms with Crippen molar-refractivity contribution < 1.29 is 4.79 Å². The minimum atomic E-state index is -0.135. The number of hydrogen-bond acceptors (Lipinski definition) is 4. The van der Waals surface area contributed by atoms with Gasteiger partial charge in [-0.15, -0.1) is 0 Å². The quantitative estimate of drug-likeness (QED) is 0.621. The number of fused-ring (bicyclic) bond motifs is 1. The summed E-state index contributed by atoms with van der Waals surface area (Å²) in [5, 5.41) is 7.58. The lowest BCUT2D eigenvalue weighted by atomic mass is 10.2. The van der Waals surface area contributed by atoms with E-state index in [0.29, 0.717) is 17.4 Å². The van der Waals surface area contributed by atoms with Gasteiger partial charge in [-0.2, -0.15) is 5.10 Å². The second-order valence-electron chi connectivity index (χ2n) is 6.61. The summed E-state index contributed by atoms with van der Waals surface area (Å²) in [6.45, 7) is 2.49. The molecule has 1 aromatic heterocycles. The van der Waals surface area contributed by atoms with Gasteiger partial charge >= 0.3 is 0 Å². The minimum absolute atomic E-state index is 0.0979. The van der Waals surface area contributed by atoms with E-state index in [9.17, 15) is 9.59 Å². The number of carbonyl (C=O) groups excluding carboxylic acids is 1. The van der Waals surface area contributed by atoms with Crippen LogP contribution in [-0.4, -0.2) is 40.7 Å². The highest BCUT2D eigenvalue weighted by Crippen LogP contribution is 2.07. The first kappa shape index (κ1) is 18.8. The Morgan fingerprint density at radius 1 is 1.11 bits per heavy atom. The number of benzene rings is 2. The Balaban J connectivity index is 1.45. The standard InChI is InChI=1S/C21H24N4O2/c1-24(15-17-8-3-2-4-9-17)13-7-12-22-21(27)16-25-19-11-6-5-10-18(19)20(26)14-23-25/h2-6,8-11,14H,7,12-13,15-16H2,1H3,(H,22,27). The maximum atomic E-state index is 12.2. The monoisotopic (exact) mass is 364 g/mol. The lowest BCUT2D eigenvalue weighted by molar-refractivity contribution is -0.121. The lowest BCUT2D eigenvalue weighted by Gasteiger charge is -2.17. The molecule has 6 nitrogen and oxygen atoms in total. The molecule has 0 bridgehead atoms. The van der Waals surface area contributed by atoms with Crippen molar-refractivity contribution in [1.29, 1.82) is 0 Å². The first-order valence-electron chi connectivity index (χ1n) is 9.07. The summed E-state index contributed by atoms with van der Waals surface area (Å²) >= 11 is 0. The van der Waals surface area contributed by atoms with Crippen LogP contribution in [0.5, 0.6) is 0 Å². The van der Waals surface area contributed by atoms with E-state index in [-0.39, 0.29) is 17.9 Å². The topological polar surface area (TPSA) is 67.2 Å². The lowest BCUT2D eigenvalue weighted by Crippen LogP contribution is -2.31. The molecular formula is C21H24N4O2. The van der Waals surface area contributed by atoms with Gasteiger partial charge in [0.2, 0.25) is 11.3 Å². The average molecular weight is 364 g/mol. The van der Waals surface area contributed by atoms with Crippen LogP contribution in [0.15, 0.2) is 65.6 Å². The minimum Gasteiger partial charge on any atom is -0.354 e. The second kappa shape index (κ2) is 9.09. The van der Waals surface area contributed by atoms with Gasteiger partial charge in [0.25, 0.3) is 0 Å². The fraction of sp³-hybridized carbons (Fsp3) is 0.286. The Bertz CT molecular complexity index is 953. The first-order valence-corrected chi connectivity index (χ1v) is 9.07. The summed E-state index contributed by atoms with van der Waals surface area (Å²) in [7, 11) is 2.07. The van der Waals surface area contributed by atoms with Crippen LogP contribution in [0.4, 0.5) is 0 Å². The van der Waals surface area contributed by atoms with Gasteiger partial charge in [0.05, 0.1) is 11.7 Å². The first-order chi connectivity index (χ1) is 13.1. The molecule has 1 amide bonds. The van der Waals surface area contributed by atoms with Crippen molar-refractivity contribution in [3.63, 3.8) is 0 Å². The summed E-state index contributed by atoms with van der Waals surface area (Å²) in [6.07, 6.45) is 2.13. The average Bonchev–Trinajstić information content (AvgIpc) is 2.68. The SMILES string of the molecule is CN(CCCNC(=O)Cn1ncc(=O)c2ccccc21)Cc1ccccc1. The number of aromatic nitrogens is 2. The Morgan fingerprint density at radius 3 is 2.67 bits per heavy atom. The van der Waals surface area contributed by atoms with E-state index in [2.05, 4.69) is 34.5 Å². The van der Waals surface area contributed by atoms with Crippen molar-refractivity contribution in [2.45, 2.75) is 19.5 Å². The molecule has 2 aromatic carbocycles. The highest BCUT2D eigenvalue weighted by molar-refractivity contribution is 5.81. The van der Waals surface area contributed by atoms with Crippen molar-refractivity contribution in [3.8, 4) is 0 Å². The van der Waals surface area contributed by atoms with Gasteiger partial charge in [-0.25, -0.2) is 0 Å². The number of para-hydroxylation sites is 1. The molecule has 1 heterocycles. The van der Waals surface area contributed by atoms with Crippen LogP contribution < -0.4 is 10.7 Å². The Morgan fingerprint density at radius 2 is 1.85 bits per heavy atom. The molecule has 0 aliphatic heterocycles. The Kier molecular flexibility index (Phi) is 6.33. The zero-order chi connectivity index (χ0) is 19.1. The van der Waals surface area contributed by atoms with Crippen LogP contribution in [-0.2, 0) is 17.9 Å². The van der Waals surface area contributed by atoms with E-state index in [4.69, 9.17) is 0 Å².